The molecule has 0 aromatic carbocycles. The topological polar surface area (TPSA) is 70.4 Å². The summed E-state index contributed by atoms with van der Waals surface area (Å²) in [5.74, 6) is 0.153. The number of piperidine rings is 1. The van der Waals surface area contributed by atoms with Gasteiger partial charge in [0, 0.05) is 13.1 Å². The Balaban J connectivity index is 1.89. The van der Waals surface area contributed by atoms with Gasteiger partial charge in [-0.2, -0.15) is 5.26 Å². The largest absolute Gasteiger partial charge is 0.466 e. The van der Waals surface area contributed by atoms with Gasteiger partial charge in [-0.15, -0.1) is 0 Å². The summed E-state index contributed by atoms with van der Waals surface area (Å²) in [4.78, 5) is 25.9. The third kappa shape index (κ3) is 2.65. The van der Waals surface area contributed by atoms with Crippen molar-refractivity contribution in [2.75, 3.05) is 19.7 Å². The fraction of sp³-hybridized carbons (Fsp3) is 0.800. The summed E-state index contributed by atoms with van der Waals surface area (Å²) in [6.45, 7) is 5.37. The summed E-state index contributed by atoms with van der Waals surface area (Å²) in [5.41, 5.74) is -0.795. The van der Waals surface area contributed by atoms with Gasteiger partial charge in [0.25, 0.3) is 0 Å². The summed E-state index contributed by atoms with van der Waals surface area (Å²) >= 11 is 0. The number of carbonyl (C=O) groups excluding carboxylic acids is 2. The van der Waals surface area contributed by atoms with E-state index in [0.717, 1.165) is 0 Å². The van der Waals surface area contributed by atoms with E-state index in [4.69, 9.17) is 4.74 Å². The van der Waals surface area contributed by atoms with Crippen LogP contribution in [0.2, 0.25) is 0 Å². The number of ether oxygens (including phenoxy) is 1. The molecule has 2 rings (SSSR count). The van der Waals surface area contributed by atoms with Crippen molar-refractivity contribution in [3.8, 4) is 6.07 Å². The fourth-order valence-electron chi connectivity index (χ4n) is 3.32. The van der Waals surface area contributed by atoms with Crippen molar-refractivity contribution in [1.82, 2.24) is 4.90 Å². The van der Waals surface area contributed by atoms with E-state index in [-0.39, 0.29) is 17.8 Å². The van der Waals surface area contributed by atoms with Gasteiger partial charge in [0.2, 0.25) is 5.91 Å². The molecule has 1 amide bonds. The average molecular weight is 278 g/mol. The van der Waals surface area contributed by atoms with Crippen molar-refractivity contribution in [2.45, 2.75) is 39.5 Å². The zero-order valence-electron chi connectivity index (χ0n) is 12.2. The molecule has 2 fully saturated rings. The van der Waals surface area contributed by atoms with Gasteiger partial charge in [-0.25, -0.2) is 0 Å². The van der Waals surface area contributed by atoms with E-state index in [9.17, 15) is 14.9 Å². The zero-order valence-corrected chi connectivity index (χ0v) is 12.2. The number of nitriles is 1. The molecule has 5 heteroatoms. The molecule has 5 nitrogen and oxygen atoms in total. The summed E-state index contributed by atoms with van der Waals surface area (Å²) in [6, 6.07) is 2.21. The lowest BCUT2D eigenvalue weighted by atomic mass is 9.62. The second-order valence-corrected chi connectivity index (χ2v) is 6.03. The molecule has 1 aliphatic heterocycles. The van der Waals surface area contributed by atoms with Crippen LogP contribution in [0, 0.1) is 28.6 Å². The van der Waals surface area contributed by atoms with Gasteiger partial charge < -0.3 is 9.64 Å². The Hall–Kier alpha value is -1.57. The fourth-order valence-corrected chi connectivity index (χ4v) is 3.32. The van der Waals surface area contributed by atoms with Gasteiger partial charge in [0.15, 0.2) is 0 Å². The smallest absolute Gasteiger partial charge is 0.309 e. The molecule has 0 bridgehead atoms. The first kappa shape index (κ1) is 14.8. The highest BCUT2D eigenvalue weighted by Crippen LogP contribution is 2.46. The predicted molar refractivity (Wildman–Crippen MR) is 72.4 cm³/mol. The van der Waals surface area contributed by atoms with E-state index in [0.29, 0.717) is 51.3 Å². The molecule has 0 aromatic heterocycles. The zero-order chi connectivity index (χ0) is 14.8. The number of nitrogens with zero attached hydrogens (tertiary/aromatic N) is 2. The number of amides is 1. The minimum absolute atomic E-state index is 0.0413. The highest BCUT2D eigenvalue weighted by Gasteiger charge is 2.51. The average Bonchev–Trinajstić information content (AvgIpc) is 2.43. The van der Waals surface area contributed by atoms with E-state index >= 15 is 0 Å². The highest BCUT2D eigenvalue weighted by molar-refractivity contribution is 5.87. The van der Waals surface area contributed by atoms with Crippen molar-refractivity contribution in [1.29, 1.82) is 5.26 Å². The lowest BCUT2D eigenvalue weighted by Gasteiger charge is -2.43. The predicted octanol–water partition coefficient (Wildman–Crippen LogP) is 1.73. The molecule has 1 saturated heterocycles. The molecule has 2 aliphatic rings. The van der Waals surface area contributed by atoms with Gasteiger partial charge in [-0.3, -0.25) is 9.59 Å². The maximum Gasteiger partial charge on any atom is 0.309 e. The van der Waals surface area contributed by atoms with Crippen LogP contribution < -0.4 is 0 Å². The lowest BCUT2D eigenvalue weighted by Crippen LogP contribution is -2.52. The molecule has 1 aliphatic carbocycles. The minimum Gasteiger partial charge on any atom is -0.466 e. The molecule has 0 N–H and O–H groups in total. The van der Waals surface area contributed by atoms with Crippen LogP contribution in [0.4, 0.5) is 0 Å². The first-order valence-electron chi connectivity index (χ1n) is 7.39. The highest BCUT2D eigenvalue weighted by atomic mass is 16.5. The summed E-state index contributed by atoms with van der Waals surface area (Å²) in [6.07, 6.45) is 2.61. The summed E-state index contributed by atoms with van der Waals surface area (Å²) in [5, 5.41) is 9.29. The maximum absolute atomic E-state index is 12.5. The van der Waals surface area contributed by atoms with Crippen LogP contribution in [0.3, 0.4) is 0 Å². The number of rotatable bonds is 3. The molecule has 0 radical (unpaired) electrons. The van der Waals surface area contributed by atoms with Crippen LogP contribution in [0.25, 0.3) is 0 Å². The first-order valence-corrected chi connectivity index (χ1v) is 7.39. The van der Waals surface area contributed by atoms with Crippen LogP contribution in [0.1, 0.15) is 39.5 Å². The van der Waals surface area contributed by atoms with E-state index in [2.05, 4.69) is 13.0 Å². The molecular formula is C15H22N2O3. The van der Waals surface area contributed by atoms with Gasteiger partial charge in [-0.05, 0) is 38.5 Å². The Labute approximate surface area is 119 Å². The monoisotopic (exact) mass is 278 g/mol. The normalized spacial score (nSPS) is 30.2. The Morgan fingerprint density at radius 2 is 1.95 bits per heavy atom. The quantitative estimate of drug-likeness (QED) is 0.737. The van der Waals surface area contributed by atoms with Crippen molar-refractivity contribution in [3.05, 3.63) is 0 Å². The third-order valence-corrected chi connectivity index (χ3v) is 4.42. The second kappa shape index (κ2) is 5.82. The number of esters is 1. The Bertz CT molecular complexity index is 427. The Morgan fingerprint density at radius 3 is 2.40 bits per heavy atom. The van der Waals surface area contributed by atoms with E-state index in [1.165, 1.54) is 0 Å². The second-order valence-electron chi connectivity index (χ2n) is 6.03. The van der Waals surface area contributed by atoms with Crippen molar-refractivity contribution < 1.29 is 14.3 Å². The standard InChI is InChI=1S/C15H22N2O3/c1-3-20-13(18)12-4-6-17(7-5-12)14(19)15(10-16)8-11(2)9-15/h11-12H,3-9H2,1-2H3. The molecule has 0 spiro atoms. The molecule has 0 aromatic rings. The number of hydrogen-bond donors (Lipinski definition) is 0. The molecule has 1 heterocycles. The lowest BCUT2D eigenvalue weighted by molar-refractivity contribution is -0.154. The molecule has 20 heavy (non-hydrogen) atoms. The van der Waals surface area contributed by atoms with Gasteiger partial charge >= 0.3 is 5.97 Å². The van der Waals surface area contributed by atoms with Crippen LogP contribution in [-0.4, -0.2) is 36.5 Å². The van der Waals surface area contributed by atoms with Gasteiger partial charge in [-0.1, -0.05) is 6.92 Å². The Kier molecular flexibility index (Phi) is 4.32. The summed E-state index contributed by atoms with van der Waals surface area (Å²) in [7, 11) is 0. The van der Waals surface area contributed by atoms with E-state index in [1.807, 2.05) is 0 Å². The maximum atomic E-state index is 12.5. The number of likely N-dealkylation sites (tertiary alicyclic amines) is 1. The molecular weight excluding hydrogens is 256 g/mol. The third-order valence-electron chi connectivity index (χ3n) is 4.42. The minimum atomic E-state index is -0.795. The van der Waals surface area contributed by atoms with Gasteiger partial charge in [0.1, 0.15) is 5.41 Å². The SMILES string of the molecule is CCOC(=O)C1CCN(C(=O)C2(C#N)CC(C)C2)CC1. The molecule has 0 atom stereocenters. The van der Waals surface area contributed by atoms with Crippen molar-refractivity contribution in [2.24, 2.45) is 17.3 Å². The van der Waals surface area contributed by atoms with Crippen molar-refractivity contribution >= 4 is 11.9 Å². The van der Waals surface area contributed by atoms with Crippen LogP contribution in [0.15, 0.2) is 0 Å². The van der Waals surface area contributed by atoms with E-state index in [1.54, 1.807) is 11.8 Å². The van der Waals surface area contributed by atoms with Crippen LogP contribution in [-0.2, 0) is 14.3 Å². The Morgan fingerprint density at radius 1 is 1.35 bits per heavy atom. The molecule has 0 unspecified atom stereocenters. The number of hydrogen-bond acceptors (Lipinski definition) is 4. The number of carbonyl (C=O) groups is 2. The first-order chi connectivity index (χ1) is 9.52. The van der Waals surface area contributed by atoms with Crippen LogP contribution in [0.5, 0.6) is 0 Å². The van der Waals surface area contributed by atoms with Crippen LogP contribution >= 0.6 is 0 Å². The summed E-state index contributed by atoms with van der Waals surface area (Å²) < 4.78 is 5.02. The van der Waals surface area contributed by atoms with Gasteiger partial charge in [0.05, 0.1) is 18.6 Å². The van der Waals surface area contributed by atoms with Crippen molar-refractivity contribution in [3.63, 3.8) is 0 Å². The van der Waals surface area contributed by atoms with E-state index < -0.39 is 5.41 Å². The molecule has 1 saturated carbocycles. The molecule has 110 valence electrons.